The standard InChI is InChI=1S/C15H10BrNO/c16-13-5-2-1-4-10(13)8-11-9-12-14(17-11)6-3-7-15(12)18/h1-7,9H,8H2. The fraction of sp³-hybridized carbons (Fsp3) is 0.0667. The van der Waals surface area contributed by atoms with Gasteiger partial charge in [-0.05, 0) is 29.9 Å². The minimum atomic E-state index is 0.0402. The van der Waals surface area contributed by atoms with Gasteiger partial charge in [-0.15, -0.1) is 0 Å². The smallest absolute Gasteiger partial charge is 0.188 e. The molecule has 0 bridgehead atoms. The number of fused-ring (bicyclic) bond motifs is 1. The van der Waals surface area contributed by atoms with E-state index in [1.807, 2.05) is 30.4 Å². The molecule has 0 spiro atoms. The SMILES string of the molecule is O=C1C=CC=C2N=C(Cc3ccccc3Br)C=C12. The molecule has 0 radical (unpaired) electrons. The molecule has 2 nitrogen and oxygen atoms in total. The van der Waals surface area contributed by atoms with Gasteiger partial charge in [0.15, 0.2) is 5.78 Å². The van der Waals surface area contributed by atoms with E-state index in [9.17, 15) is 4.79 Å². The van der Waals surface area contributed by atoms with Crippen molar-refractivity contribution in [2.24, 2.45) is 4.99 Å². The lowest BCUT2D eigenvalue weighted by molar-refractivity contribution is -0.111. The van der Waals surface area contributed by atoms with Crippen molar-refractivity contribution in [1.29, 1.82) is 0 Å². The zero-order valence-electron chi connectivity index (χ0n) is 9.56. The van der Waals surface area contributed by atoms with Crippen LogP contribution in [0.1, 0.15) is 5.56 Å². The van der Waals surface area contributed by atoms with E-state index in [0.717, 1.165) is 22.3 Å². The van der Waals surface area contributed by atoms with Crippen LogP contribution in [-0.2, 0) is 11.2 Å². The number of halogens is 1. The molecule has 2 aliphatic rings. The first-order valence-electron chi connectivity index (χ1n) is 5.70. The largest absolute Gasteiger partial charge is 0.289 e. The lowest BCUT2D eigenvalue weighted by Crippen LogP contribution is -2.01. The summed E-state index contributed by atoms with van der Waals surface area (Å²) < 4.78 is 1.07. The summed E-state index contributed by atoms with van der Waals surface area (Å²) in [7, 11) is 0. The molecule has 1 aliphatic carbocycles. The van der Waals surface area contributed by atoms with Crippen molar-refractivity contribution in [2.75, 3.05) is 0 Å². The summed E-state index contributed by atoms with van der Waals surface area (Å²) in [5.41, 5.74) is 3.59. The van der Waals surface area contributed by atoms with E-state index in [4.69, 9.17) is 0 Å². The van der Waals surface area contributed by atoms with Crippen molar-refractivity contribution in [3.05, 3.63) is 69.9 Å². The lowest BCUT2D eigenvalue weighted by Gasteiger charge is -2.02. The first-order valence-corrected chi connectivity index (χ1v) is 6.49. The summed E-state index contributed by atoms with van der Waals surface area (Å²) in [5.74, 6) is 0.0402. The van der Waals surface area contributed by atoms with Crippen LogP contribution in [0.3, 0.4) is 0 Å². The Labute approximate surface area is 114 Å². The second kappa shape index (κ2) is 4.50. The zero-order chi connectivity index (χ0) is 12.5. The van der Waals surface area contributed by atoms with Crippen LogP contribution in [0, 0.1) is 0 Å². The van der Waals surface area contributed by atoms with Crippen LogP contribution in [0.25, 0.3) is 0 Å². The van der Waals surface area contributed by atoms with E-state index in [-0.39, 0.29) is 5.78 Å². The summed E-state index contributed by atoms with van der Waals surface area (Å²) in [6.07, 6.45) is 7.82. The number of carbonyl (C=O) groups is 1. The van der Waals surface area contributed by atoms with Crippen molar-refractivity contribution in [2.45, 2.75) is 6.42 Å². The number of ketones is 1. The average molecular weight is 300 g/mol. The van der Waals surface area contributed by atoms with Gasteiger partial charge in [0.05, 0.1) is 5.70 Å². The normalized spacial score (nSPS) is 17.2. The van der Waals surface area contributed by atoms with Crippen molar-refractivity contribution in [3.63, 3.8) is 0 Å². The van der Waals surface area contributed by atoms with Crippen molar-refractivity contribution >= 4 is 27.4 Å². The van der Waals surface area contributed by atoms with Gasteiger partial charge in [-0.25, -0.2) is 0 Å². The second-order valence-electron chi connectivity index (χ2n) is 4.20. The van der Waals surface area contributed by atoms with Gasteiger partial charge >= 0.3 is 0 Å². The molecule has 18 heavy (non-hydrogen) atoms. The van der Waals surface area contributed by atoms with Crippen LogP contribution in [0.15, 0.2) is 69.3 Å². The van der Waals surface area contributed by atoms with Crippen LogP contribution in [0.2, 0.25) is 0 Å². The third-order valence-corrected chi connectivity index (χ3v) is 3.72. The molecule has 1 aromatic rings. The molecule has 0 saturated carbocycles. The third-order valence-electron chi connectivity index (χ3n) is 2.95. The molecule has 0 atom stereocenters. The van der Waals surface area contributed by atoms with Gasteiger partial charge < -0.3 is 0 Å². The number of allylic oxidation sites excluding steroid dienone is 5. The van der Waals surface area contributed by atoms with Crippen LogP contribution < -0.4 is 0 Å². The summed E-state index contributed by atoms with van der Waals surface area (Å²) in [6, 6.07) is 8.05. The van der Waals surface area contributed by atoms with Crippen LogP contribution in [0.4, 0.5) is 0 Å². The Kier molecular flexibility index (Phi) is 2.84. The number of nitrogens with zero attached hydrogens (tertiary/aromatic N) is 1. The highest BCUT2D eigenvalue weighted by Gasteiger charge is 2.21. The Morgan fingerprint density at radius 1 is 1.22 bits per heavy atom. The molecule has 0 N–H and O–H groups in total. The van der Waals surface area contributed by atoms with Crippen LogP contribution in [0.5, 0.6) is 0 Å². The zero-order valence-corrected chi connectivity index (χ0v) is 11.1. The predicted molar refractivity (Wildman–Crippen MR) is 75.6 cm³/mol. The van der Waals surface area contributed by atoms with Gasteiger partial charge in [0.25, 0.3) is 0 Å². The summed E-state index contributed by atoms with van der Waals surface area (Å²) in [5, 5.41) is 0. The van der Waals surface area contributed by atoms with Gasteiger partial charge in [0.1, 0.15) is 0 Å². The fourth-order valence-corrected chi connectivity index (χ4v) is 2.48. The molecular formula is C15H10BrNO. The van der Waals surface area contributed by atoms with Crippen molar-refractivity contribution in [3.8, 4) is 0 Å². The van der Waals surface area contributed by atoms with E-state index < -0.39 is 0 Å². The topological polar surface area (TPSA) is 29.4 Å². The van der Waals surface area contributed by atoms with E-state index in [1.54, 1.807) is 12.2 Å². The molecule has 0 aromatic heterocycles. The molecule has 1 aromatic carbocycles. The van der Waals surface area contributed by atoms with Gasteiger partial charge in [-0.3, -0.25) is 9.79 Å². The van der Waals surface area contributed by atoms with E-state index in [0.29, 0.717) is 5.57 Å². The molecule has 0 amide bonds. The Morgan fingerprint density at radius 3 is 2.83 bits per heavy atom. The summed E-state index contributed by atoms with van der Waals surface area (Å²) >= 11 is 3.52. The van der Waals surface area contributed by atoms with Crippen molar-refractivity contribution < 1.29 is 4.79 Å². The maximum atomic E-state index is 11.7. The molecule has 0 saturated heterocycles. The van der Waals surface area contributed by atoms with Crippen LogP contribution in [-0.4, -0.2) is 11.5 Å². The lowest BCUT2D eigenvalue weighted by atomic mass is 10.0. The van der Waals surface area contributed by atoms with Crippen molar-refractivity contribution in [1.82, 2.24) is 0 Å². The first-order chi connectivity index (χ1) is 8.74. The van der Waals surface area contributed by atoms with E-state index in [2.05, 4.69) is 27.0 Å². The minimum Gasteiger partial charge on any atom is -0.289 e. The highest BCUT2D eigenvalue weighted by atomic mass is 79.9. The number of aliphatic imine (C=N–C) groups is 1. The Hall–Kier alpha value is -1.74. The Balaban J connectivity index is 1.89. The molecule has 1 heterocycles. The highest BCUT2D eigenvalue weighted by Crippen LogP contribution is 2.26. The van der Waals surface area contributed by atoms with Gasteiger partial charge in [0.2, 0.25) is 0 Å². The molecule has 3 rings (SSSR count). The van der Waals surface area contributed by atoms with E-state index >= 15 is 0 Å². The number of carbonyl (C=O) groups excluding carboxylic acids is 1. The Morgan fingerprint density at radius 2 is 2.06 bits per heavy atom. The molecule has 88 valence electrons. The van der Waals surface area contributed by atoms with Crippen LogP contribution >= 0.6 is 15.9 Å². The summed E-state index contributed by atoms with van der Waals surface area (Å²) in [6.45, 7) is 0. The number of benzene rings is 1. The van der Waals surface area contributed by atoms with E-state index in [1.165, 1.54) is 5.56 Å². The molecule has 0 unspecified atom stereocenters. The van der Waals surface area contributed by atoms with Gasteiger partial charge in [0, 0.05) is 22.2 Å². The predicted octanol–water partition coefficient (Wildman–Crippen LogP) is 3.40. The maximum absolute atomic E-state index is 11.7. The minimum absolute atomic E-state index is 0.0402. The monoisotopic (exact) mass is 299 g/mol. The number of rotatable bonds is 2. The third kappa shape index (κ3) is 2.02. The first kappa shape index (κ1) is 11.4. The van der Waals surface area contributed by atoms with Gasteiger partial charge in [-0.2, -0.15) is 0 Å². The number of hydrogen-bond donors (Lipinski definition) is 0. The molecular weight excluding hydrogens is 290 g/mol. The molecule has 1 aliphatic heterocycles. The van der Waals surface area contributed by atoms with Gasteiger partial charge in [-0.1, -0.05) is 40.2 Å². The quantitative estimate of drug-likeness (QED) is 0.823. The average Bonchev–Trinajstić information content (AvgIpc) is 2.76. The second-order valence-corrected chi connectivity index (χ2v) is 5.06. The Bertz CT molecular complexity index is 650. The fourth-order valence-electron chi connectivity index (χ4n) is 2.06. The highest BCUT2D eigenvalue weighted by molar-refractivity contribution is 9.10. The number of hydrogen-bond acceptors (Lipinski definition) is 2. The molecule has 0 fully saturated rings. The molecule has 3 heteroatoms. The summed E-state index contributed by atoms with van der Waals surface area (Å²) in [4.78, 5) is 16.2. The maximum Gasteiger partial charge on any atom is 0.188 e.